The first-order valence-corrected chi connectivity index (χ1v) is 5.50. The number of ether oxygens (including phenoxy) is 2. The fourth-order valence-corrected chi connectivity index (χ4v) is 1.93. The van der Waals surface area contributed by atoms with E-state index in [4.69, 9.17) is 25.9 Å². The summed E-state index contributed by atoms with van der Waals surface area (Å²) in [6.45, 7) is 3.99. The molecule has 2 heterocycles. The highest BCUT2D eigenvalue weighted by molar-refractivity contribution is 6.13. The molecule has 1 unspecified atom stereocenters. The largest absolute Gasteiger partial charge is 0.383 e. The van der Waals surface area contributed by atoms with E-state index < -0.39 is 5.79 Å². The summed E-state index contributed by atoms with van der Waals surface area (Å²) in [5, 5.41) is 16.5. The summed E-state index contributed by atoms with van der Waals surface area (Å²) in [5.41, 5.74) is 6.51. The van der Waals surface area contributed by atoms with Crippen molar-refractivity contribution in [2.24, 2.45) is 0 Å². The van der Waals surface area contributed by atoms with Crippen molar-refractivity contribution in [2.75, 3.05) is 12.3 Å². The number of nitrogen functional groups attached to an aromatic ring is 1. The Morgan fingerprint density at radius 1 is 1.67 bits per heavy atom. The van der Waals surface area contributed by atoms with Crippen LogP contribution < -0.4 is 5.73 Å². The maximum atomic E-state index is 8.85. The van der Waals surface area contributed by atoms with Crippen LogP contribution in [0.5, 0.6) is 0 Å². The molecule has 0 saturated carbocycles. The molecule has 3 N–H and O–H groups in total. The quantitative estimate of drug-likeness (QED) is 0.767. The van der Waals surface area contributed by atoms with Crippen LogP contribution in [0, 0.1) is 16.7 Å². The molecule has 1 aliphatic rings. The van der Waals surface area contributed by atoms with E-state index in [1.165, 1.54) is 6.20 Å². The minimum absolute atomic E-state index is 0.160. The lowest BCUT2D eigenvalue weighted by Gasteiger charge is -2.18. The topological polar surface area (TPSA) is 105 Å². The predicted octanol–water partition coefficient (Wildman–Crippen LogP) is 1.38. The van der Waals surface area contributed by atoms with Gasteiger partial charge in [0.05, 0.1) is 12.2 Å². The van der Waals surface area contributed by atoms with Crippen LogP contribution in [0.3, 0.4) is 0 Å². The van der Waals surface area contributed by atoms with Gasteiger partial charge < -0.3 is 15.2 Å². The van der Waals surface area contributed by atoms with Crippen LogP contribution in [-0.2, 0) is 9.47 Å². The van der Waals surface area contributed by atoms with Gasteiger partial charge in [-0.25, -0.2) is 4.98 Å². The molecule has 1 saturated heterocycles. The van der Waals surface area contributed by atoms with Gasteiger partial charge in [-0.05, 0) is 25.5 Å². The lowest BCUT2D eigenvalue weighted by atomic mass is 10.0. The zero-order chi connectivity index (χ0) is 13.3. The van der Waals surface area contributed by atoms with Crippen molar-refractivity contribution in [2.45, 2.75) is 25.7 Å². The zero-order valence-corrected chi connectivity index (χ0v) is 10.2. The summed E-state index contributed by atoms with van der Waals surface area (Å²) in [6, 6.07) is 3.47. The van der Waals surface area contributed by atoms with Gasteiger partial charge in [0, 0.05) is 6.20 Å². The molecule has 6 nitrogen and oxygen atoms in total. The molecule has 1 atom stereocenters. The predicted molar refractivity (Wildman–Crippen MR) is 64.9 cm³/mol. The van der Waals surface area contributed by atoms with Crippen molar-refractivity contribution in [3.8, 4) is 6.07 Å². The molecule has 6 heteroatoms. The van der Waals surface area contributed by atoms with Gasteiger partial charge in [0.25, 0.3) is 0 Å². The van der Waals surface area contributed by atoms with E-state index in [0.29, 0.717) is 17.7 Å². The Labute approximate surface area is 105 Å². The number of hydrogen-bond donors (Lipinski definition) is 2. The van der Waals surface area contributed by atoms with E-state index in [2.05, 4.69) is 4.98 Å². The number of pyridine rings is 1. The van der Waals surface area contributed by atoms with Gasteiger partial charge in [-0.2, -0.15) is 5.26 Å². The number of nitrogens with zero attached hydrogens (tertiary/aromatic N) is 2. The van der Waals surface area contributed by atoms with Gasteiger partial charge in [-0.15, -0.1) is 0 Å². The monoisotopic (exact) mass is 246 g/mol. The second-order valence-electron chi connectivity index (χ2n) is 4.46. The first-order chi connectivity index (χ1) is 8.44. The average molecular weight is 246 g/mol. The SMILES string of the molecule is CC1(C)OCC(c2ccnc(N)c2C(=N)C#N)O1. The van der Waals surface area contributed by atoms with Gasteiger partial charge in [0.2, 0.25) is 0 Å². The molecular formula is C12H14N4O2. The Balaban J connectivity index is 2.43. The fourth-order valence-electron chi connectivity index (χ4n) is 1.93. The Morgan fingerprint density at radius 3 is 2.94 bits per heavy atom. The van der Waals surface area contributed by atoms with Gasteiger partial charge in [-0.3, -0.25) is 5.41 Å². The van der Waals surface area contributed by atoms with Crippen molar-refractivity contribution >= 4 is 11.5 Å². The van der Waals surface area contributed by atoms with Crippen LogP contribution >= 0.6 is 0 Å². The van der Waals surface area contributed by atoms with Crippen LogP contribution in [0.25, 0.3) is 0 Å². The number of anilines is 1. The van der Waals surface area contributed by atoms with Crippen LogP contribution in [0.2, 0.25) is 0 Å². The minimum Gasteiger partial charge on any atom is -0.383 e. The molecule has 94 valence electrons. The van der Waals surface area contributed by atoms with Gasteiger partial charge in [-0.1, -0.05) is 0 Å². The second-order valence-corrected chi connectivity index (χ2v) is 4.46. The van der Waals surface area contributed by atoms with E-state index in [1.54, 1.807) is 12.1 Å². The molecule has 1 aliphatic heterocycles. The lowest BCUT2D eigenvalue weighted by Crippen LogP contribution is -2.20. The summed E-state index contributed by atoms with van der Waals surface area (Å²) < 4.78 is 11.2. The zero-order valence-electron chi connectivity index (χ0n) is 10.2. The van der Waals surface area contributed by atoms with Gasteiger partial charge in [0.1, 0.15) is 23.7 Å². The van der Waals surface area contributed by atoms with Crippen molar-refractivity contribution in [3.63, 3.8) is 0 Å². The molecule has 1 aromatic heterocycles. The summed E-state index contributed by atoms with van der Waals surface area (Å²) in [4.78, 5) is 3.91. The third kappa shape index (κ3) is 2.18. The second kappa shape index (κ2) is 4.37. The fraction of sp³-hybridized carbons (Fsp3) is 0.417. The summed E-state index contributed by atoms with van der Waals surface area (Å²) in [6.07, 6.45) is 1.20. The Hall–Kier alpha value is -1.97. The summed E-state index contributed by atoms with van der Waals surface area (Å²) in [7, 11) is 0. The Kier molecular flexibility index (Phi) is 3.03. The van der Waals surface area contributed by atoms with Crippen LogP contribution in [-0.4, -0.2) is 23.1 Å². The molecule has 1 fully saturated rings. The Bertz CT molecular complexity index is 533. The number of aromatic nitrogens is 1. The molecule has 2 rings (SSSR count). The van der Waals surface area contributed by atoms with Gasteiger partial charge in [0.15, 0.2) is 5.79 Å². The van der Waals surface area contributed by atoms with Crippen LogP contribution in [0.4, 0.5) is 5.82 Å². The number of hydrogen-bond acceptors (Lipinski definition) is 6. The third-order valence-electron chi connectivity index (χ3n) is 2.73. The molecule has 0 aromatic carbocycles. The standard InChI is InChI=1S/C12H14N4O2/c1-12(2)17-6-9(18-12)7-3-4-16-11(15)10(7)8(14)5-13/h3-4,9,14H,6H2,1-2H3,(H2,15,16). The highest BCUT2D eigenvalue weighted by Crippen LogP contribution is 2.35. The molecule has 0 bridgehead atoms. The molecule has 0 amide bonds. The van der Waals surface area contributed by atoms with Crippen molar-refractivity contribution in [1.82, 2.24) is 4.98 Å². The Morgan fingerprint density at radius 2 is 2.39 bits per heavy atom. The molecule has 18 heavy (non-hydrogen) atoms. The molecular weight excluding hydrogens is 232 g/mol. The van der Waals surface area contributed by atoms with E-state index >= 15 is 0 Å². The lowest BCUT2D eigenvalue weighted by molar-refractivity contribution is -0.139. The molecule has 1 aromatic rings. The third-order valence-corrected chi connectivity index (χ3v) is 2.73. The van der Waals surface area contributed by atoms with Crippen LogP contribution in [0.1, 0.15) is 31.1 Å². The molecule has 0 spiro atoms. The van der Waals surface area contributed by atoms with E-state index in [9.17, 15) is 0 Å². The average Bonchev–Trinajstić information content (AvgIpc) is 2.68. The van der Waals surface area contributed by atoms with Crippen molar-refractivity contribution in [1.29, 1.82) is 10.7 Å². The first-order valence-electron chi connectivity index (χ1n) is 5.50. The number of rotatable bonds is 2. The summed E-state index contributed by atoms with van der Waals surface area (Å²) >= 11 is 0. The van der Waals surface area contributed by atoms with Gasteiger partial charge >= 0.3 is 0 Å². The van der Waals surface area contributed by atoms with E-state index in [0.717, 1.165) is 0 Å². The minimum atomic E-state index is -0.672. The van der Waals surface area contributed by atoms with Crippen LogP contribution in [0.15, 0.2) is 12.3 Å². The number of nitriles is 1. The van der Waals surface area contributed by atoms with Crippen molar-refractivity contribution in [3.05, 3.63) is 23.4 Å². The first kappa shape index (κ1) is 12.5. The van der Waals surface area contributed by atoms with E-state index in [1.807, 2.05) is 13.8 Å². The smallest absolute Gasteiger partial charge is 0.163 e. The maximum absolute atomic E-state index is 8.85. The molecule has 0 aliphatic carbocycles. The highest BCUT2D eigenvalue weighted by atomic mass is 16.7. The molecule has 0 radical (unpaired) electrons. The van der Waals surface area contributed by atoms with E-state index in [-0.39, 0.29) is 17.6 Å². The van der Waals surface area contributed by atoms with Crippen molar-refractivity contribution < 1.29 is 9.47 Å². The number of nitrogens with one attached hydrogen (secondary N) is 1. The highest BCUT2D eigenvalue weighted by Gasteiger charge is 2.35. The normalized spacial score (nSPS) is 21.5. The number of nitrogens with two attached hydrogens (primary N) is 1. The summed E-state index contributed by atoms with van der Waals surface area (Å²) in [5.74, 6) is -0.512. The maximum Gasteiger partial charge on any atom is 0.163 e.